The molecule has 98 valence electrons. The SMILES string of the molecule is O=C(Nc1cccnc1)c1cccc(-n2cccc2)c1. The van der Waals surface area contributed by atoms with Crippen molar-refractivity contribution in [2.75, 3.05) is 5.32 Å². The van der Waals surface area contributed by atoms with E-state index in [1.165, 1.54) is 0 Å². The summed E-state index contributed by atoms with van der Waals surface area (Å²) in [5.41, 5.74) is 2.25. The molecule has 0 aliphatic heterocycles. The molecule has 0 aliphatic carbocycles. The first-order valence-electron chi connectivity index (χ1n) is 6.28. The van der Waals surface area contributed by atoms with E-state index in [2.05, 4.69) is 10.3 Å². The molecule has 2 heterocycles. The maximum atomic E-state index is 12.2. The van der Waals surface area contributed by atoms with E-state index in [1.54, 1.807) is 30.6 Å². The first-order chi connectivity index (χ1) is 9.83. The third-order valence-corrected chi connectivity index (χ3v) is 2.93. The van der Waals surface area contributed by atoms with Gasteiger partial charge in [0.05, 0.1) is 11.9 Å². The minimum atomic E-state index is -0.146. The van der Waals surface area contributed by atoms with Crippen molar-refractivity contribution in [2.45, 2.75) is 0 Å². The van der Waals surface area contributed by atoms with Crippen LogP contribution < -0.4 is 5.32 Å². The molecule has 1 N–H and O–H groups in total. The molecule has 1 aromatic carbocycles. The molecular formula is C16H13N3O. The van der Waals surface area contributed by atoms with Crippen molar-refractivity contribution in [3.8, 4) is 5.69 Å². The zero-order valence-corrected chi connectivity index (χ0v) is 10.7. The van der Waals surface area contributed by atoms with E-state index >= 15 is 0 Å². The molecule has 2 aromatic heterocycles. The Morgan fingerprint density at radius 2 is 1.90 bits per heavy atom. The number of nitrogens with zero attached hydrogens (tertiary/aromatic N) is 2. The zero-order valence-electron chi connectivity index (χ0n) is 10.7. The number of hydrogen-bond donors (Lipinski definition) is 1. The number of pyridine rings is 1. The lowest BCUT2D eigenvalue weighted by Gasteiger charge is -2.07. The molecule has 0 bridgehead atoms. The van der Waals surface area contributed by atoms with Crippen LogP contribution in [-0.2, 0) is 0 Å². The highest BCUT2D eigenvalue weighted by atomic mass is 16.1. The number of anilines is 1. The summed E-state index contributed by atoms with van der Waals surface area (Å²) in [6, 6.07) is 15.0. The van der Waals surface area contributed by atoms with Gasteiger partial charge in [0.1, 0.15) is 0 Å². The Bertz CT molecular complexity index is 706. The van der Waals surface area contributed by atoms with Crippen molar-refractivity contribution < 1.29 is 4.79 Å². The van der Waals surface area contributed by atoms with Crippen molar-refractivity contribution in [2.24, 2.45) is 0 Å². The van der Waals surface area contributed by atoms with Crippen LogP contribution in [0.15, 0.2) is 73.3 Å². The van der Waals surface area contributed by atoms with Gasteiger partial charge in [0.2, 0.25) is 0 Å². The summed E-state index contributed by atoms with van der Waals surface area (Å²) in [6.07, 6.45) is 7.17. The molecule has 4 heteroatoms. The number of amides is 1. The number of benzene rings is 1. The molecule has 3 aromatic rings. The van der Waals surface area contributed by atoms with Crippen LogP contribution in [0.25, 0.3) is 5.69 Å². The van der Waals surface area contributed by atoms with Gasteiger partial charge in [-0.25, -0.2) is 0 Å². The lowest BCUT2D eigenvalue weighted by atomic mass is 10.2. The highest BCUT2D eigenvalue weighted by molar-refractivity contribution is 6.04. The second kappa shape index (κ2) is 5.40. The van der Waals surface area contributed by atoms with E-state index in [1.807, 2.05) is 47.3 Å². The van der Waals surface area contributed by atoms with Crippen molar-refractivity contribution >= 4 is 11.6 Å². The van der Waals surface area contributed by atoms with Crippen LogP contribution in [-0.4, -0.2) is 15.5 Å². The number of nitrogens with one attached hydrogen (secondary N) is 1. The Labute approximate surface area is 116 Å². The van der Waals surface area contributed by atoms with Gasteiger partial charge < -0.3 is 9.88 Å². The summed E-state index contributed by atoms with van der Waals surface area (Å²) in [6.45, 7) is 0. The monoisotopic (exact) mass is 263 g/mol. The maximum Gasteiger partial charge on any atom is 0.255 e. The van der Waals surface area contributed by atoms with Crippen molar-refractivity contribution in [1.82, 2.24) is 9.55 Å². The van der Waals surface area contributed by atoms with Crippen LogP contribution in [0.1, 0.15) is 10.4 Å². The number of rotatable bonds is 3. The average Bonchev–Trinajstić information content (AvgIpc) is 3.03. The summed E-state index contributed by atoms with van der Waals surface area (Å²) in [5.74, 6) is -0.146. The van der Waals surface area contributed by atoms with Gasteiger partial charge in [-0.05, 0) is 42.5 Å². The molecule has 0 saturated heterocycles. The first-order valence-corrected chi connectivity index (χ1v) is 6.28. The molecule has 0 spiro atoms. The lowest BCUT2D eigenvalue weighted by molar-refractivity contribution is 0.102. The second-order valence-electron chi connectivity index (χ2n) is 4.34. The predicted octanol–water partition coefficient (Wildman–Crippen LogP) is 3.12. The normalized spacial score (nSPS) is 10.2. The van der Waals surface area contributed by atoms with E-state index in [0.717, 1.165) is 5.69 Å². The Morgan fingerprint density at radius 3 is 2.65 bits per heavy atom. The van der Waals surface area contributed by atoms with Crippen molar-refractivity contribution in [3.05, 3.63) is 78.9 Å². The first kappa shape index (κ1) is 12.2. The highest BCUT2D eigenvalue weighted by Crippen LogP contribution is 2.13. The van der Waals surface area contributed by atoms with Gasteiger partial charge in [0.15, 0.2) is 0 Å². The molecule has 0 atom stereocenters. The fourth-order valence-electron chi connectivity index (χ4n) is 1.95. The molecule has 0 fully saturated rings. The maximum absolute atomic E-state index is 12.2. The third kappa shape index (κ3) is 2.59. The fraction of sp³-hybridized carbons (Fsp3) is 0. The van der Waals surface area contributed by atoms with Crippen LogP contribution in [0, 0.1) is 0 Å². The Hall–Kier alpha value is -2.88. The lowest BCUT2D eigenvalue weighted by Crippen LogP contribution is -2.12. The highest BCUT2D eigenvalue weighted by Gasteiger charge is 2.07. The third-order valence-electron chi connectivity index (χ3n) is 2.93. The van der Waals surface area contributed by atoms with Crippen LogP contribution in [0.4, 0.5) is 5.69 Å². The fourth-order valence-corrected chi connectivity index (χ4v) is 1.95. The molecule has 0 radical (unpaired) electrons. The van der Waals surface area contributed by atoms with Gasteiger partial charge in [0.25, 0.3) is 5.91 Å². The molecule has 20 heavy (non-hydrogen) atoms. The Balaban J connectivity index is 1.84. The van der Waals surface area contributed by atoms with Crippen LogP contribution in [0.3, 0.4) is 0 Å². The van der Waals surface area contributed by atoms with Crippen molar-refractivity contribution in [1.29, 1.82) is 0 Å². The largest absolute Gasteiger partial charge is 0.324 e. The minimum Gasteiger partial charge on any atom is -0.324 e. The Morgan fingerprint density at radius 1 is 1.05 bits per heavy atom. The summed E-state index contributed by atoms with van der Waals surface area (Å²) in [4.78, 5) is 16.2. The number of aromatic nitrogens is 2. The standard InChI is InChI=1S/C16H13N3O/c20-16(18-14-6-4-8-17-12-14)13-5-3-7-15(11-13)19-9-1-2-10-19/h1-12H,(H,18,20). The second-order valence-corrected chi connectivity index (χ2v) is 4.34. The molecule has 0 unspecified atom stereocenters. The molecule has 0 aliphatic rings. The molecule has 4 nitrogen and oxygen atoms in total. The molecule has 3 rings (SSSR count). The molecule has 1 amide bonds. The number of hydrogen-bond acceptors (Lipinski definition) is 2. The molecule has 0 saturated carbocycles. The smallest absolute Gasteiger partial charge is 0.255 e. The predicted molar refractivity (Wildman–Crippen MR) is 78.0 cm³/mol. The summed E-state index contributed by atoms with van der Waals surface area (Å²) in [5, 5.41) is 2.82. The zero-order chi connectivity index (χ0) is 13.8. The van der Waals surface area contributed by atoms with E-state index in [4.69, 9.17) is 0 Å². The Kier molecular flexibility index (Phi) is 3.29. The van der Waals surface area contributed by atoms with E-state index in [9.17, 15) is 4.79 Å². The van der Waals surface area contributed by atoms with Crippen LogP contribution in [0.5, 0.6) is 0 Å². The summed E-state index contributed by atoms with van der Waals surface area (Å²) < 4.78 is 1.96. The van der Waals surface area contributed by atoms with Gasteiger partial charge in [-0.1, -0.05) is 6.07 Å². The van der Waals surface area contributed by atoms with E-state index in [-0.39, 0.29) is 5.91 Å². The minimum absolute atomic E-state index is 0.146. The van der Waals surface area contributed by atoms with Gasteiger partial charge >= 0.3 is 0 Å². The van der Waals surface area contributed by atoms with Crippen LogP contribution in [0.2, 0.25) is 0 Å². The number of carbonyl (C=O) groups excluding carboxylic acids is 1. The van der Waals surface area contributed by atoms with Crippen LogP contribution >= 0.6 is 0 Å². The van der Waals surface area contributed by atoms with Gasteiger partial charge in [-0.3, -0.25) is 9.78 Å². The van der Waals surface area contributed by atoms with E-state index in [0.29, 0.717) is 11.3 Å². The number of carbonyl (C=O) groups is 1. The van der Waals surface area contributed by atoms with Gasteiger partial charge in [-0.2, -0.15) is 0 Å². The molecular weight excluding hydrogens is 250 g/mol. The average molecular weight is 263 g/mol. The van der Waals surface area contributed by atoms with Crippen molar-refractivity contribution in [3.63, 3.8) is 0 Å². The van der Waals surface area contributed by atoms with Gasteiger partial charge in [-0.15, -0.1) is 0 Å². The van der Waals surface area contributed by atoms with E-state index < -0.39 is 0 Å². The quantitative estimate of drug-likeness (QED) is 0.789. The topological polar surface area (TPSA) is 46.9 Å². The summed E-state index contributed by atoms with van der Waals surface area (Å²) >= 11 is 0. The van der Waals surface area contributed by atoms with Gasteiger partial charge in [0, 0.05) is 29.8 Å². The summed E-state index contributed by atoms with van der Waals surface area (Å²) in [7, 11) is 0.